The Morgan fingerprint density at radius 3 is 2.80 bits per heavy atom. The second-order valence-corrected chi connectivity index (χ2v) is 8.17. The number of tetrazole rings is 1. The van der Waals surface area contributed by atoms with Crippen molar-refractivity contribution in [3.05, 3.63) is 67.8 Å². The van der Waals surface area contributed by atoms with E-state index in [1.165, 1.54) is 16.4 Å². The number of amides is 1. The molecule has 4 rings (SSSR count). The smallest absolute Gasteiger partial charge is 0.323 e. The number of aryl methyl sites for hydroxylation is 1. The van der Waals surface area contributed by atoms with Crippen molar-refractivity contribution in [3.63, 3.8) is 0 Å². The molecule has 0 bridgehead atoms. The van der Waals surface area contributed by atoms with Crippen LogP contribution in [0.15, 0.2) is 66.6 Å². The molecule has 0 saturated carbocycles. The van der Waals surface area contributed by atoms with Crippen LogP contribution in [0.2, 0.25) is 0 Å². The normalized spacial score (nSPS) is 11.0. The zero-order valence-electron chi connectivity index (χ0n) is 15.5. The van der Waals surface area contributed by atoms with Gasteiger partial charge >= 0.3 is 5.69 Å². The Hall–Kier alpha value is -3.25. The van der Waals surface area contributed by atoms with E-state index in [-0.39, 0.29) is 0 Å². The fraction of sp³-hybridized carbons (Fsp3) is 0.111. The summed E-state index contributed by atoms with van der Waals surface area (Å²) in [5, 5.41) is 14.9. The third kappa shape index (κ3) is 4.04. The predicted molar refractivity (Wildman–Crippen MR) is 115 cm³/mol. The van der Waals surface area contributed by atoms with E-state index < -0.39 is 23.7 Å². The molecule has 0 aliphatic rings. The maximum Gasteiger partial charge on any atom is 0.329 e. The summed E-state index contributed by atoms with van der Waals surface area (Å²) in [6.45, 7) is -0.429. The molecular weight excluding hydrogens is 474 g/mol. The molecule has 1 amide bonds. The van der Waals surface area contributed by atoms with Crippen LogP contribution in [0.4, 0.5) is 5.69 Å². The third-order valence-corrected chi connectivity index (χ3v) is 5.79. The van der Waals surface area contributed by atoms with E-state index in [2.05, 4.69) is 41.8 Å². The summed E-state index contributed by atoms with van der Waals surface area (Å²) >= 11 is 4.65. The molecule has 2 heterocycles. The third-order valence-electron chi connectivity index (χ3n) is 4.19. The quantitative estimate of drug-likeness (QED) is 0.438. The Bertz CT molecular complexity index is 1380. The highest BCUT2D eigenvalue weighted by atomic mass is 79.9. The Kier molecular flexibility index (Phi) is 5.50. The van der Waals surface area contributed by atoms with E-state index in [4.69, 9.17) is 0 Å². The van der Waals surface area contributed by atoms with Crippen LogP contribution < -0.4 is 16.6 Å². The van der Waals surface area contributed by atoms with Crippen LogP contribution in [0.3, 0.4) is 0 Å². The van der Waals surface area contributed by atoms with Crippen LogP contribution in [0.1, 0.15) is 0 Å². The number of carbonyl (C=O) groups is 1. The van der Waals surface area contributed by atoms with Gasteiger partial charge in [0.05, 0.1) is 16.6 Å². The lowest BCUT2D eigenvalue weighted by Crippen LogP contribution is -2.38. The maximum atomic E-state index is 12.7. The summed E-state index contributed by atoms with van der Waals surface area (Å²) in [6, 6.07) is 12.0. The van der Waals surface area contributed by atoms with Crippen LogP contribution >= 0.6 is 27.7 Å². The number of halogens is 1. The summed E-state index contributed by atoms with van der Waals surface area (Å²) in [7, 11) is 1.71. The van der Waals surface area contributed by atoms with Crippen LogP contribution in [0, 0.1) is 0 Å². The lowest BCUT2D eigenvalue weighted by molar-refractivity contribution is -0.116. The predicted octanol–water partition coefficient (Wildman–Crippen LogP) is 1.77. The molecule has 0 radical (unpaired) electrons. The molecule has 0 aliphatic carbocycles. The molecule has 2 N–H and O–H groups in total. The second-order valence-electron chi connectivity index (χ2n) is 6.24. The van der Waals surface area contributed by atoms with Gasteiger partial charge in [0.1, 0.15) is 6.54 Å². The largest absolute Gasteiger partial charge is 0.329 e. The molecular formula is C18H14BrN7O3S. The number of nitrogens with one attached hydrogen (secondary N) is 2. The molecule has 0 unspecified atom stereocenters. The summed E-state index contributed by atoms with van der Waals surface area (Å²) in [4.78, 5) is 40.9. The monoisotopic (exact) mass is 487 g/mol. The van der Waals surface area contributed by atoms with E-state index in [1.807, 2.05) is 6.07 Å². The minimum Gasteiger partial charge on any atom is -0.323 e. The van der Waals surface area contributed by atoms with Gasteiger partial charge in [0, 0.05) is 16.4 Å². The zero-order valence-corrected chi connectivity index (χ0v) is 17.9. The topological polar surface area (TPSA) is 128 Å². The average Bonchev–Trinajstić information content (AvgIpc) is 3.12. The van der Waals surface area contributed by atoms with Crippen molar-refractivity contribution in [2.75, 3.05) is 5.32 Å². The number of aromatic amines is 1. The van der Waals surface area contributed by atoms with Crippen molar-refractivity contribution in [2.45, 2.75) is 16.6 Å². The first-order valence-corrected chi connectivity index (χ1v) is 10.2. The van der Waals surface area contributed by atoms with Gasteiger partial charge in [-0.2, -0.15) is 0 Å². The molecule has 0 spiro atoms. The van der Waals surface area contributed by atoms with Gasteiger partial charge in [-0.1, -0.05) is 28.1 Å². The second kappa shape index (κ2) is 8.24. The van der Waals surface area contributed by atoms with E-state index >= 15 is 0 Å². The SMILES string of the molecule is Cn1nnnc1Sc1ccc(Br)cc1NC(=O)Cn1c(=O)[nH]c2ccccc2c1=O. The Labute approximate surface area is 181 Å². The Balaban J connectivity index is 1.62. The summed E-state index contributed by atoms with van der Waals surface area (Å²) in [5.41, 5.74) is -0.263. The van der Waals surface area contributed by atoms with Crippen molar-refractivity contribution in [1.29, 1.82) is 0 Å². The van der Waals surface area contributed by atoms with Gasteiger partial charge in [0.15, 0.2) is 0 Å². The molecule has 2 aromatic carbocycles. The lowest BCUT2D eigenvalue weighted by atomic mass is 10.2. The number of H-pyrrole nitrogens is 1. The molecule has 0 atom stereocenters. The van der Waals surface area contributed by atoms with Gasteiger partial charge in [-0.3, -0.25) is 14.2 Å². The van der Waals surface area contributed by atoms with E-state index in [9.17, 15) is 14.4 Å². The Morgan fingerprint density at radius 1 is 1.23 bits per heavy atom. The molecule has 2 aromatic heterocycles. The van der Waals surface area contributed by atoms with Gasteiger partial charge in [0.25, 0.3) is 5.56 Å². The molecule has 30 heavy (non-hydrogen) atoms. The van der Waals surface area contributed by atoms with E-state index in [1.54, 1.807) is 43.4 Å². The number of nitrogens with zero attached hydrogens (tertiary/aromatic N) is 5. The summed E-state index contributed by atoms with van der Waals surface area (Å²) < 4.78 is 3.13. The van der Waals surface area contributed by atoms with Crippen molar-refractivity contribution < 1.29 is 4.79 Å². The number of para-hydroxylation sites is 1. The Morgan fingerprint density at radius 2 is 2.03 bits per heavy atom. The lowest BCUT2D eigenvalue weighted by Gasteiger charge is -2.12. The highest BCUT2D eigenvalue weighted by Crippen LogP contribution is 2.33. The zero-order chi connectivity index (χ0) is 21.3. The van der Waals surface area contributed by atoms with Crippen molar-refractivity contribution in [2.24, 2.45) is 7.05 Å². The number of rotatable bonds is 5. The number of hydrogen-bond donors (Lipinski definition) is 2. The molecule has 0 aliphatic heterocycles. The number of hydrogen-bond acceptors (Lipinski definition) is 7. The number of fused-ring (bicyclic) bond motifs is 1. The molecule has 0 saturated heterocycles. The number of carbonyl (C=O) groups excluding carboxylic acids is 1. The summed E-state index contributed by atoms with van der Waals surface area (Å²) in [5.74, 6) is -0.520. The van der Waals surface area contributed by atoms with Gasteiger partial charge < -0.3 is 10.3 Å². The molecule has 10 nitrogen and oxygen atoms in total. The van der Waals surface area contributed by atoms with E-state index in [0.717, 1.165) is 9.04 Å². The van der Waals surface area contributed by atoms with Crippen LogP contribution in [-0.4, -0.2) is 35.7 Å². The fourth-order valence-corrected chi connectivity index (χ4v) is 3.93. The van der Waals surface area contributed by atoms with Crippen LogP contribution in [0.5, 0.6) is 0 Å². The van der Waals surface area contributed by atoms with Crippen LogP contribution in [0.25, 0.3) is 10.9 Å². The fourth-order valence-electron chi connectivity index (χ4n) is 2.77. The standard InChI is InChI=1S/C18H14BrN7O3S/c1-25-18(22-23-24-25)30-14-7-6-10(19)8-13(14)20-15(27)9-26-16(28)11-4-2-3-5-12(11)21-17(26)29/h2-8H,9H2,1H3,(H,20,27)(H,21,29). The first kappa shape index (κ1) is 20.0. The van der Waals surface area contributed by atoms with Crippen molar-refractivity contribution in [1.82, 2.24) is 29.8 Å². The van der Waals surface area contributed by atoms with Gasteiger partial charge in [-0.25, -0.2) is 9.48 Å². The average molecular weight is 488 g/mol. The number of anilines is 1. The number of aromatic nitrogens is 6. The number of benzene rings is 2. The summed E-state index contributed by atoms with van der Waals surface area (Å²) in [6.07, 6.45) is 0. The highest BCUT2D eigenvalue weighted by Gasteiger charge is 2.15. The molecule has 0 fully saturated rings. The molecule has 4 aromatic rings. The molecule has 12 heteroatoms. The van der Waals surface area contributed by atoms with Crippen molar-refractivity contribution >= 4 is 50.2 Å². The van der Waals surface area contributed by atoms with Crippen molar-refractivity contribution in [3.8, 4) is 0 Å². The first-order valence-electron chi connectivity index (χ1n) is 8.64. The highest BCUT2D eigenvalue weighted by molar-refractivity contribution is 9.10. The van der Waals surface area contributed by atoms with Gasteiger partial charge in [0.2, 0.25) is 11.1 Å². The minimum atomic E-state index is -0.650. The maximum absolute atomic E-state index is 12.7. The van der Waals surface area contributed by atoms with E-state index in [0.29, 0.717) is 26.6 Å². The minimum absolute atomic E-state index is 0.332. The molecule has 152 valence electrons. The van der Waals surface area contributed by atoms with Crippen LogP contribution in [-0.2, 0) is 18.4 Å². The van der Waals surface area contributed by atoms with Gasteiger partial charge in [-0.05, 0) is 52.5 Å². The first-order chi connectivity index (χ1) is 14.4. The van der Waals surface area contributed by atoms with Gasteiger partial charge in [-0.15, -0.1) is 5.10 Å².